The minimum Gasteiger partial charge on any atom is -0.368 e. The van der Waals surface area contributed by atoms with Gasteiger partial charge in [-0.1, -0.05) is 19.3 Å². The Balaban J connectivity index is 1.94. The zero-order valence-electron chi connectivity index (χ0n) is 11.0. The van der Waals surface area contributed by atoms with Crippen molar-refractivity contribution in [2.24, 2.45) is 11.7 Å². The molecule has 4 N–H and O–H groups in total. The van der Waals surface area contributed by atoms with Gasteiger partial charge in [-0.15, -0.1) is 0 Å². The van der Waals surface area contributed by atoms with Gasteiger partial charge in [-0.25, -0.2) is 0 Å². The van der Waals surface area contributed by atoms with Gasteiger partial charge in [-0.2, -0.15) is 0 Å². The van der Waals surface area contributed by atoms with Crippen LogP contribution in [0.2, 0.25) is 0 Å². The summed E-state index contributed by atoms with van der Waals surface area (Å²) in [4.78, 5) is 34.6. The first-order chi connectivity index (χ1) is 9.08. The zero-order chi connectivity index (χ0) is 13.8. The van der Waals surface area contributed by atoms with Crippen LogP contribution in [0.1, 0.15) is 44.9 Å². The van der Waals surface area contributed by atoms with E-state index in [4.69, 9.17) is 5.73 Å². The van der Waals surface area contributed by atoms with Crippen molar-refractivity contribution in [3.8, 4) is 0 Å². The summed E-state index contributed by atoms with van der Waals surface area (Å²) >= 11 is 0. The van der Waals surface area contributed by atoms with Crippen molar-refractivity contribution >= 4 is 17.7 Å². The Bertz CT molecular complexity index is 377. The molecule has 0 aromatic heterocycles. The predicted molar refractivity (Wildman–Crippen MR) is 68.9 cm³/mol. The monoisotopic (exact) mass is 267 g/mol. The van der Waals surface area contributed by atoms with Crippen LogP contribution in [0.15, 0.2) is 0 Å². The van der Waals surface area contributed by atoms with Crippen molar-refractivity contribution in [3.63, 3.8) is 0 Å². The van der Waals surface area contributed by atoms with Gasteiger partial charge in [0.1, 0.15) is 12.1 Å². The first kappa shape index (κ1) is 13.8. The van der Waals surface area contributed by atoms with Gasteiger partial charge in [-0.3, -0.25) is 14.4 Å². The fourth-order valence-electron chi connectivity index (χ4n) is 2.95. The third-order valence-corrected chi connectivity index (χ3v) is 4.04. The van der Waals surface area contributed by atoms with Crippen LogP contribution in [0, 0.1) is 5.92 Å². The molecule has 0 radical (unpaired) electrons. The highest BCUT2D eigenvalue weighted by Crippen LogP contribution is 2.26. The highest BCUT2D eigenvalue weighted by Gasteiger charge is 2.33. The molecule has 6 nitrogen and oxygen atoms in total. The van der Waals surface area contributed by atoms with E-state index in [2.05, 4.69) is 10.6 Å². The molecule has 2 atom stereocenters. The lowest BCUT2D eigenvalue weighted by atomic mass is 9.83. The van der Waals surface area contributed by atoms with E-state index in [0.717, 1.165) is 25.7 Å². The minimum atomic E-state index is -0.606. The summed E-state index contributed by atoms with van der Waals surface area (Å²) in [6, 6.07) is -1.12. The summed E-state index contributed by atoms with van der Waals surface area (Å²) in [7, 11) is 0. The normalized spacial score (nSPS) is 25.7. The van der Waals surface area contributed by atoms with Crippen LogP contribution < -0.4 is 16.4 Å². The van der Waals surface area contributed by atoms with Crippen molar-refractivity contribution < 1.29 is 14.4 Å². The zero-order valence-corrected chi connectivity index (χ0v) is 11.0. The van der Waals surface area contributed by atoms with Crippen LogP contribution in [0.25, 0.3) is 0 Å². The lowest BCUT2D eigenvalue weighted by Crippen LogP contribution is -2.54. The number of nitrogens with two attached hydrogens (primary N) is 1. The lowest BCUT2D eigenvalue weighted by Gasteiger charge is -2.29. The fraction of sp³-hybridized carbons (Fsp3) is 0.769. The molecule has 2 fully saturated rings. The number of hydrogen-bond donors (Lipinski definition) is 3. The quantitative estimate of drug-likeness (QED) is 0.658. The molecule has 0 aromatic rings. The number of carbonyl (C=O) groups excluding carboxylic acids is 3. The van der Waals surface area contributed by atoms with E-state index in [-0.39, 0.29) is 17.7 Å². The Hall–Kier alpha value is -1.59. The SMILES string of the molecule is NC(=O)[C@@H](NC(=O)[C@@H]1CCC(=O)N1)C1CCCCC1. The molecule has 3 amide bonds. The number of rotatable bonds is 4. The number of nitrogens with one attached hydrogen (secondary N) is 2. The lowest BCUT2D eigenvalue weighted by molar-refractivity contribution is -0.130. The maximum Gasteiger partial charge on any atom is 0.243 e. The van der Waals surface area contributed by atoms with Crippen molar-refractivity contribution in [2.45, 2.75) is 57.0 Å². The number of carbonyl (C=O) groups is 3. The second-order valence-electron chi connectivity index (χ2n) is 5.45. The Kier molecular flexibility index (Phi) is 4.39. The average Bonchev–Trinajstić information content (AvgIpc) is 2.83. The van der Waals surface area contributed by atoms with Gasteiger partial charge in [0, 0.05) is 6.42 Å². The van der Waals surface area contributed by atoms with Crippen molar-refractivity contribution in [2.75, 3.05) is 0 Å². The Morgan fingerprint density at radius 1 is 1.21 bits per heavy atom. The summed E-state index contributed by atoms with van der Waals surface area (Å²) in [6.07, 6.45) is 6.02. The van der Waals surface area contributed by atoms with E-state index >= 15 is 0 Å². The van der Waals surface area contributed by atoms with Crippen molar-refractivity contribution in [3.05, 3.63) is 0 Å². The Labute approximate surface area is 112 Å². The third kappa shape index (κ3) is 3.45. The molecule has 1 heterocycles. The topological polar surface area (TPSA) is 101 Å². The summed E-state index contributed by atoms with van der Waals surface area (Å²) in [5.74, 6) is -0.759. The van der Waals surface area contributed by atoms with Crippen LogP contribution in [0.5, 0.6) is 0 Å². The Morgan fingerprint density at radius 3 is 2.42 bits per heavy atom. The largest absolute Gasteiger partial charge is 0.368 e. The number of amides is 3. The van der Waals surface area contributed by atoms with Gasteiger partial charge in [0.05, 0.1) is 0 Å². The number of hydrogen-bond acceptors (Lipinski definition) is 3. The van der Waals surface area contributed by atoms with E-state index in [1.807, 2.05) is 0 Å². The molecule has 0 aromatic carbocycles. The molecular formula is C13H21N3O3. The average molecular weight is 267 g/mol. The highest BCUT2D eigenvalue weighted by atomic mass is 16.2. The van der Waals surface area contributed by atoms with Gasteiger partial charge in [-0.05, 0) is 25.2 Å². The summed E-state index contributed by atoms with van der Waals surface area (Å²) in [6.45, 7) is 0. The van der Waals surface area contributed by atoms with E-state index in [1.54, 1.807) is 0 Å². The van der Waals surface area contributed by atoms with Gasteiger partial charge in [0.2, 0.25) is 17.7 Å². The van der Waals surface area contributed by atoms with Crippen LogP contribution in [-0.2, 0) is 14.4 Å². The predicted octanol–water partition coefficient (Wildman–Crippen LogP) is -0.185. The van der Waals surface area contributed by atoms with Crippen LogP contribution >= 0.6 is 0 Å². The molecule has 2 rings (SSSR count). The second kappa shape index (κ2) is 6.04. The molecular weight excluding hydrogens is 246 g/mol. The molecule has 0 bridgehead atoms. The molecule has 0 unspecified atom stereocenters. The first-order valence-electron chi connectivity index (χ1n) is 6.97. The van der Waals surface area contributed by atoms with Crippen molar-refractivity contribution in [1.29, 1.82) is 0 Å². The highest BCUT2D eigenvalue weighted by molar-refractivity contribution is 5.93. The van der Waals surface area contributed by atoms with E-state index in [9.17, 15) is 14.4 Å². The molecule has 1 saturated carbocycles. The third-order valence-electron chi connectivity index (χ3n) is 4.04. The standard InChI is InChI=1S/C13H21N3O3/c14-12(18)11(8-4-2-1-3-5-8)16-13(19)9-6-7-10(17)15-9/h8-9,11H,1-7H2,(H2,14,18)(H,15,17)(H,16,19)/t9-,11-/m0/s1. The number of primary amides is 1. The van der Waals surface area contributed by atoms with E-state index < -0.39 is 18.0 Å². The molecule has 106 valence electrons. The first-order valence-corrected chi connectivity index (χ1v) is 6.97. The van der Waals surface area contributed by atoms with Crippen LogP contribution in [0.3, 0.4) is 0 Å². The summed E-state index contributed by atoms with van der Waals surface area (Å²) in [5, 5.41) is 5.32. The second-order valence-corrected chi connectivity index (χ2v) is 5.45. The molecule has 6 heteroatoms. The van der Waals surface area contributed by atoms with Gasteiger partial charge >= 0.3 is 0 Å². The smallest absolute Gasteiger partial charge is 0.243 e. The van der Waals surface area contributed by atoms with E-state index in [1.165, 1.54) is 6.42 Å². The maximum atomic E-state index is 12.0. The Morgan fingerprint density at radius 2 is 1.89 bits per heavy atom. The van der Waals surface area contributed by atoms with Gasteiger partial charge < -0.3 is 16.4 Å². The summed E-state index contributed by atoms with van der Waals surface area (Å²) < 4.78 is 0. The van der Waals surface area contributed by atoms with Crippen LogP contribution in [0.4, 0.5) is 0 Å². The summed E-state index contributed by atoms with van der Waals surface area (Å²) in [5.41, 5.74) is 5.40. The molecule has 19 heavy (non-hydrogen) atoms. The molecule has 0 spiro atoms. The molecule has 1 aliphatic heterocycles. The molecule has 1 aliphatic carbocycles. The maximum absolute atomic E-state index is 12.0. The van der Waals surface area contributed by atoms with Crippen LogP contribution in [-0.4, -0.2) is 29.8 Å². The molecule has 1 saturated heterocycles. The van der Waals surface area contributed by atoms with Crippen molar-refractivity contribution in [1.82, 2.24) is 10.6 Å². The van der Waals surface area contributed by atoms with E-state index in [0.29, 0.717) is 12.8 Å². The van der Waals surface area contributed by atoms with Gasteiger partial charge in [0.15, 0.2) is 0 Å². The minimum absolute atomic E-state index is 0.117. The molecule has 2 aliphatic rings. The van der Waals surface area contributed by atoms with Gasteiger partial charge in [0.25, 0.3) is 0 Å². The fourth-order valence-corrected chi connectivity index (χ4v) is 2.95.